The number of benzene rings is 1. The van der Waals surface area contributed by atoms with Crippen LogP contribution in [-0.4, -0.2) is 37.6 Å². The Labute approximate surface area is 130 Å². The number of rotatable bonds is 6. The molecule has 1 fully saturated rings. The Morgan fingerprint density at radius 1 is 1.32 bits per heavy atom. The van der Waals surface area contributed by atoms with Gasteiger partial charge in [0, 0.05) is 39.3 Å². The van der Waals surface area contributed by atoms with Gasteiger partial charge in [0.05, 0.1) is 0 Å². The highest BCUT2D eigenvalue weighted by Gasteiger charge is 2.16. The van der Waals surface area contributed by atoms with E-state index < -0.39 is 11.6 Å². The van der Waals surface area contributed by atoms with Crippen LogP contribution in [0.5, 0.6) is 0 Å². The minimum Gasteiger partial charge on any atom is -0.381 e. The lowest BCUT2D eigenvalue weighted by Gasteiger charge is -2.25. The summed E-state index contributed by atoms with van der Waals surface area (Å²) >= 11 is 0. The molecule has 0 aliphatic carbocycles. The maximum Gasteiger partial charge on any atom is 0.222 e. The molecule has 3 nitrogen and oxygen atoms in total. The molecule has 1 heterocycles. The molecule has 1 aliphatic rings. The molecule has 122 valence electrons. The Kier molecular flexibility index (Phi) is 6.31. The predicted octanol–water partition coefficient (Wildman–Crippen LogP) is 3.17. The monoisotopic (exact) mass is 311 g/mol. The molecule has 5 heteroatoms. The van der Waals surface area contributed by atoms with Gasteiger partial charge in [-0.05, 0) is 43.2 Å². The number of carbonyl (C=O) groups excluding carboxylic acids is 1. The second-order valence-electron chi connectivity index (χ2n) is 5.90. The summed E-state index contributed by atoms with van der Waals surface area (Å²) in [4.78, 5) is 13.8. The number of carbonyl (C=O) groups is 1. The first-order valence-electron chi connectivity index (χ1n) is 7.82. The number of hydrogen-bond acceptors (Lipinski definition) is 2. The minimum absolute atomic E-state index is 0.00390. The van der Waals surface area contributed by atoms with Gasteiger partial charge in [-0.15, -0.1) is 0 Å². The summed E-state index contributed by atoms with van der Waals surface area (Å²) in [5, 5.41) is 0. The van der Waals surface area contributed by atoms with Gasteiger partial charge in [-0.3, -0.25) is 4.79 Å². The van der Waals surface area contributed by atoms with Crippen LogP contribution in [0.4, 0.5) is 8.78 Å². The standard InChI is InChI=1S/C17H23F2NO2/c1-20(9-6-13-7-10-22-11-8-13)17(21)5-3-14-2-4-15(18)12-16(14)19/h2,4,12-13H,3,5-11H2,1H3. The summed E-state index contributed by atoms with van der Waals surface area (Å²) < 4.78 is 31.7. The van der Waals surface area contributed by atoms with Gasteiger partial charge in [0.15, 0.2) is 0 Å². The average Bonchev–Trinajstić information content (AvgIpc) is 2.52. The van der Waals surface area contributed by atoms with Crippen molar-refractivity contribution in [3.05, 3.63) is 35.4 Å². The van der Waals surface area contributed by atoms with Gasteiger partial charge in [-0.1, -0.05) is 6.07 Å². The summed E-state index contributed by atoms with van der Waals surface area (Å²) in [6, 6.07) is 3.48. The summed E-state index contributed by atoms with van der Waals surface area (Å²) in [6.45, 7) is 2.34. The Hall–Kier alpha value is -1.49. The molecule has 0 unspecified atom stereocenters. The van der Waals surface area contributed by atoms with E-state index in [-0.39, 0.29) is 12.3 Å². The van der Waals surface area contributed by atoms with Crippen LogP contribution in [0.3, 0.4) is 0 Å². The van der Waals surface area contributed by atoms with Crippen LogP contribution >= 0.6 is 0 Å². The SMILES string of the molecule is CN(CCC1CCOCC1)C(=O)CCc1ccc(F)cc1F. The van der Waals surface area contributed by atoms with Crippen molar-refractivity contribution >= 4 is 5.91 Å². The number of halogens is 2. The molecule has 0 spiro atoms. The maximum absolute atomic E-state index is 13.5. The lowest BCUT2D eigenvalue weighted by Crippen LogP contribution is -2.30. The van der Waals surface area contributed by atoms with Crippen molar-refractivity contribution in [1.82, 2.24) is 4.90 Å². The molecule has 1 aliphatic heterocycles. The second kappa shape index (κ2) is 8.22. The van der Waals surface area contributed by atoms with Gasteiger partial charge in [0.25, 0.3) is 0 Å². The van der Waals surface area contributed by atoms with Crippen LogP contribution in [0.25, 0.3) is 0 Å². The zero-order valence-electron chi connectivity index (χ0n) is 13.0. The molecule has 0 atom stereocenters. The van der Waals surface area contributed by atoms with Crippen LogP contribution < -0.4 is 0 Å². The van der Waals surface area contributed by atoms with E-state index in [1.165, 1.54) is 12.1 Å². The largest absolute Gasteiger partial charge is 0.381 e. The zero-order chi connectivity index (χ0) is 15.9. The third-order valence-corrected chi connectivity index (χ3v) is 4.26. The van der Waals surface area contributed by atoms with Crippen molar-refractivity contribution in [2.45, 2.75) is 32.1 Å². The molecule has 22 heavy (non-hydrogen) atoms. The Bertz CT molecular complexity index is 501. The molecule has 0 aromatic heterocycles. The molecule has 1 saturated heterocycles. The number of ether oxygens (including phenoxy) is 1. The molecule has 2 rings (SSSR count). The molecular formula is C17H23F2NO2. The summed E-state index contributed by atoms with van der Waals surface area (Å²) in [5.41, 5.74) is 0.382. The van der Waals surface area contributed by atoms with E-state index in [0.717, 1.165) is 45.1 Å². The van der Waals surface area contributed by atoms with E-state index in [2.05, 4.69) is 0 Å². The topological polar surface area (TPSA) is 29.5 Å². The highest BCUT2D eigenvalue weighted by Crippen LogP contribution is 2.19. The predicted molar refractivity (Wildman–Crippen MR) is 80.5 cm³/mol. The van der Waals surface area contributed by atoms with Gasteiger partial charge < -0.3 is 9.64 Å². The lowest BCUT2D eigenvalue weighted by molar-refractivity contribution is -0.130. The van der Waals surface area contributed by atoms with Gasteiger partial charge in [-0.25, -0.2) is 8.78 Å². The number of hydrogen-bond donors (Lipinski definition) is 0. The molecule has 0 saturated carbocycles. The van der Waals surface area contributed by atoms with E-state index >= 15 is 0 Å². The Morgan fingerprint density at radius 2 is 2.05 bits per heavy atom. The Balaban J connectivity index is 1.73. The molecule has 0 N–H and O–H groups in total. The van der Waals surface area contributed by atoms with Gasteiger partial charge in [0.1, 0.15) is 11.6 Å². The summed E-state index contributed by atoms with van der Waals surface area (Å²) in [7, 11) is 1.78. The van der Waals surface area contributed by atoms with Crippen molar-refractivity contribution < 1.29 is 18.3 Å². The fraction of sp³-hybridized carbons (Fsp3) is 0.588. The quantitative estimate of drug-likeness (QED) is 0.807. The first-order valence-corrected chi connectivity index (χ1v) is 7.82. The van der Waals surface area contributed by atoms with Gasteiger partial charge in [0.2, 0.25) is 5.91 Å². The molecule has 1 aromatic rings. The molecule has 0 radical (unpaired) electrons. The fourth-order valence-electron chi connectivity index (χ4n) is 2.69. The number of amides is 1. The van der Waals surface area contributed by atoms with Crippen LogP contribution in [0, 0.1) is 17.6 Å². The minimum atomic E-state index is -0.596. The second-order valence-corrected chi connectivity index (χ2v) is 5.90. The normalized spacial score (nSPS) is 15.8. The van der Waals surface area contributed by atoms with Crippen LogP contribution in [0.1, 0.15) is 31.2 Å². The zero-order valence-corrected chi connectivity index (χ0v) is 13.0. The molecule has 1 amide bonds. The van der Waals surface area contributed by atoms with E-state index in [1.54, 1.807) is 11.9 Å². The van der Waals surface area contributed by atoms with Gasteiger partial charge >= 0.3 is 0 Å². The smallest absolute Gasteiger partial charge is 0.222 e. The van der Waals surface area contributed by atoms with Crippen molar-refractivity contribution in [1.29, 1.82) is 0 Å². The number of aryl methyl sites for hydroxylation is 1. The molecule has 1 aromatic carbocycles. The van der Waals surface area contributed by atoms with Crippen LogP contribution in [0.15, 0.2) is 18.2 Å². The van der Waals surface area contributed by atoms with E-state index in [0.29, 0.717) is 17.9 Å². The third kappa shape index (κ3) is 5.05. The van der Waals surface area contributed by atoms with Crippen LogP contribution in [-0.2, 0) is 16.0 Å². The van der Waals surface area contributed by atoms with E-state index in [4.69, 9.17) is 4.74 Å². The number of nitrogens with zero attached hydrogens (tertiary/aromatic N) is 1. The van der Waals surface area contributed by atoms with Crippen molar-refractivity contribution in [3.63, 3.8) is 0 Å². The van der Waals surface area contributed by atoms with Crippen molar-refractivity contribution in [2.75, 3.05) is 26.8 Å². The Morgan fingerprint density at radius 3 is 2.73 bits per heavy atom. The van der Waals surface area contributed by atoms with Crippen molar-refractivity contribution in [3.8, 4) is 0 Å². The average molecular weight is 311 g/mol. The highest BCUT2D eigenvalue weighted by atomic mass is 19.1. The third-order valence-electron chi connectivity index (χ3n) is 4.26. The van der Waals surface area contributed by atoms with E-state index in [1.807, 2.05) is 0 Å². The summed E-state index contributed by atoms with van der Waals surface area (Å²) in [6.07, 6.45) is 3.64. The van der Waals surface area contributed by atoms with Crippen molar-refractivity contribution in [2.24, 2.45) is 5.92 Å². The van der Waals surface area contributed by atoms with Gasteiger partial charge in [-0.2, -0.15) is 0 Å². The molecule has 0 bridgehead atoms. The van der Waals surface area contributed by atoms with E-state index in [9.17, 15) is 13.6 Å². The molecular weight excluding hydrogens is 288 g/mol. The fourth-order valence-corrected chi connectivity index (χ4v) is 2.69. The highest BCUT2D eigenvalue weighted by molar-refractivity contribution is 5.76. The first kappa shape index (κ1) is 16.9. The van der Waals surface area contributed by atoms with Crippen LogP contribution in [0.2, 0.25) is 0 Å². The maximum atomic E-state index is 13.5. The first-order chi connectivity index (χ1) is 10.6. The summed E-state index contributed by atoms with van der Waals surface area (Å²) in [5.74, 6) is -0.562. The lowest BCUT2D eigenvalue weighted by atomic mass is 9.96.